The highest BCUT2D eigenvalue weighted by molar-refractivity contribution is 7.71. The number of hydrogen-bond donors (Lipinski definition) is 4. The van der Waals surface area contributed by atoms with E-state index in [4.69, 9.17) is 12.2 Å². The van der Waals surface area contributed by atoms with Gasteiger partial charge < -0.3 is 15.2 Å². The highest BCUT2D eigenvalue weighted by Gasteiger charge is 2.20. The van der Waals surface area contributed by atoms with Crippen molar-refractivity contribution in [2.75, 3.05) is 6.54 Å². The van der Waals surface area contributed by atoms with Crippen LogP contribution in [0.5, 0.6) is 11.5 Å². The van der Waals surface area contributed by atoms with Crippen LogP contribution in [0.1, 0.15) is 16.8 Å². The van der Waals surface area contributed by atoms with Gasteiger partial charge in [-0.3, -0.25) is 14.7 Å². The Bertz CT molecular complexity index is 797. The third kappa shape index (κ3) is 2.84. The number of phenols is 2. The molecule has 0 saturated carbocycles. The van der Waals surface area contributed by atoms with E-state index in [1.807, 2.05) is 0 Å². The number of benzene rings is 1. The Balaban J connectivity index is 1.85. The van der Waals surface area contributed by atoms with Crippen molar-refractivity contribution in [1.29, 1.82) is 0 Å². The van der Waals surface area contributed by atoms with Crippen molar-refractivity contribution < 1.29 is 10.2 Å². The van der Waals surface area contributed by atoms with E-state index in [0.29, 0.717) is 36.4 Å². The van der Waals surface area contributed by atoms with E-state index in [2.05, 4.69) is 14.9 Å². The van der Waals surface area contributed by atoms with Gasteiger partial charge in [0.1, 0.15) is 11.5 Å². The van der Waals surface area contributed by atoms with Gasteiger partial charge >= 0.3 is 0 Å². The molecule has 0 radical (unpaired) electrons. The zero-order valence-corrected chi connectivity index (χ0v) is 12.0. The molecule has 0 amide bonds. The molecule has 1 aromatic heterocycles. The molecule has 1 aliphatic heterocycles. The maximum Gasteiger partial charge on any atom is 0.255 e. The van der Waals surface area contributed by atoms with Crippen molar-refractivity contribution >= 4 is 12.2 Å². The molecular formula is C14H15N3O3S. The van der Waals surface area contributed by atoms with Gasteiger partial charge in [-0.2, -0.15) is 0 Å². The molecule has 0 fully saturated rings. The summed E-state index contributed by atoms with van der Waals surface area (Å²) in [5, 5.41) is 19.3. The van der Waals surface area contributed by atoms with Crippen molar-refractivity contribution in [1.82, 2.24) is 14.9 Å². The summed E-state index contributed by atoms with van der Waals surface area (Å²) < 4.78 is 0.320. The molecule has 4 N–H and O–H groups in total. The molecule has 0 unspecified atom stereocenters. The summed E-state index contributed by atoms with van der Waals surface area (Å²) in [6.07, 6.45) is 0.621. The number of aromatic hydroxyl groups is 2. The Morgan fingerprint density at radius 3 is 2.90 bits per heavy atom. The second-order valence-electron chi connectivity index (χ2n) is 5.14. The first-order chi connectivity index (χ1) is 10.0. The molecule has 7 heteroatoms. The Labute approximate surface area is 125 Å². The summed E-state index contributed by atoms with van der Waals surface area (Å²) in [6, 6.07) is 4.47. The van der Waals surface area contributed by atoms with Crippen LogP contribution in [0.15, 0.2) is 23.0 Å². The van der Waals surface area contributed by atoms with Crippen LogP contribution in [0.3, 0.4) is 0 Å². The fraction of sp³-hybridized carbons (Fsp3) is 0.286. The Hall–Kier alpha value is -2.12. The molecule has 110 valence electrons. The van der Waals surface area contributed by atoms with Crippen LogP contribution < -0.4 is 5.56 Å². The predicted molar refractivity (Wildman–Crippen MR) is 79.8 cm³/mol. The van der Waals surface area contributed by atoms with Crippen LogP contribution in [-0.2, 0) is 19.5 Å². The van der Waals surface area contributed by atoms with Crippen LogP contribution in [0.25, 0.3) is 0 Å². The summed E-state index contributed by atoms with van der Waals surface area (Å²) in [5.74, 6) is 0.272. The van der Waals surface area contributed by atoms with Gasteiger partial charge in [-0.05, 0) is 36.8 Å². The molecule has 0 saturated heterocycles. The minimum absolute atomic E-state index is 0.121. The lowest BCUT2D eigenvalue weighted by Gasteiger charge is -2.28. The van der Waals surface area contributed by atoms with Crippen LogP contribution in [0, 0.1) is 4.77 Å². The van der Waals surface area contributed by atoms with Crippen molar-refractivity contribution in [2.45, 2.75) is 19.5 Å². The fourth-order valence-electron chi connectivity index (χ4n) is 2.61. The summed E-state index contributed by atoms with van der Waals surface area (Å²) in [7, 11) is 0. The molecule has 6 nitrogen and oxygen atoms in total. The van der Waals surface area contributed by atoms with Crippen molar-refractivity contribution in [3.05, 3.63) is 50.1 Å². The number of H-pyrrole nitrogens is 2. The first-order valence-corrected chi connectivity index (χ1v) is 7.01. The van der Waals surface area contributed by atoms with Crippen LogP contribution in [-0.4, -0.2) is 31.6 Å². The Kier molecular flexibility index (Phi) is 3.52. The monoisotopic (exact) mass is 305 g/mol. The average Bonchev–Trinajstić information content (AvgIpc) is 2.42. The van der Waals surface area contributed by atoms with Crippen LogP contribution in [0.2, 0.25) is 0 Å². The van der Waals surface area contributed by atoms with Gasteiger partial charge in [0.15, 0.2) is 4.77 Å². The zero-order chi connectivity index (χ0) is 15.0. The molecular weight excluding hydrogens is 290 g/mol. The third-order valence-electron chi connectivity index (χ3n) is 3.65. The highest BCUT2D eigenvalue weighted by Crippen LogP contribution is 2.25. The van der Waals surface area contributed by atoms with Crippen LogP contribution in [0.4, 0.5) is 0 Å². The average molecular weight is 305 g/mol. The number of rotatable bonds is 2. The molecule has 2 heterocycles. The lowest BCUT2D eigenvalue weighted by Crippen LogP contribution is -2.34. The number of nitrogens with zero attached hydrogens (tertiary/aromatic N) is 1. The molecule has 1 aromatic carbocycles. The normalized spacial score (nSPS) is 14.9. The largest absolute Gasteiger partial charge is 0.508 e. The number of fused-ring (bicyclic) bond motifs is 1. The summed E-state index contributed by atoms with van der Waals surface area (Å²) in [4.78, 5) is 19.5. The van der Waals surface area contributed by atoms with E-state index < -0.39 is 0 Å². The smallest absolute Gasteiger partial charge is 0.255 e. The second-order valence-corrected chi connectivity index (χ2v) is 5.55. The van der Waals surface area contributed by atoms with E-state index in [1.54, 1.807) is 6.07 Å². The van der Waals surface area contributed by atoms with Gasteiger partial charge in [-0.25, -0.2) is 0 Å². The van der Waals surface area contributed by atoms with E-state index in [0.717, 1.165) is 11.3 Å². The Morgan fingerprint density at radius 1 is 1.29 bits per heavy atom. The molecule has 0 atom stereocenters. The molecule has 0 spiro atoms. The van der Waals surface area contributed by atoms with Gasteiger partial charge in [0.25, 0.3) is 5.56 Å². The van der Waals surface area contributed by atoms with Gasteiger partial charge in [0.2, 0.25) is 0 Å². The van der Waals surface area contributed by atoms with Gasteiger partial charge in [-0.15, -0.1) is 0 Å². The first kappa shape index (κ1) is 13.8. The maximum atomic E-state index is 11.8. The molecule has 21 heavy (non-hydrogen) atoms. The topological polar surface area (TPSA) is 92.4 Å². The first-order valence-electron chi connectivity index (χ1n) is 6.60. The molecule has 2 aromatic rings. The van der Waals surface area contributed by atoms with Crippen molar-refractivity contribution in [3.63, 3.8) is 0 Å². The molecule has 0 aliphatic carbocycles. The second kappa shape index (κ2) is 5.34. The summed E-state index contributed by atoms with van der Waals surface area (Å²) in [6.45, 7) is 1.75. The van der Waals surface area contributed by atoms with E-state index in [1.165, 1.54) is 12.1 Å². The maximum absolute atomic E-state index is 11.8. The van der Waals surface area contributed by atoms with E-state index in [-0.39, 0.29) is 17.1 Å². The van der Waals surface area contributed by atoms with Gasteiger partial charge in [0.05, 0.1) is 0 Å². The molecule has 0 bridgehead atoms. The van der Waals surface area contributed by atoms with E-state index in [9.17, 15) is 15.0 Å². The minimum atomic E-state index is -0.131. The third-order valence-corrected chi connectivity index (χ3v) is 3.85. The fourth-order valence-corrected chi connectivity index (χ4v) is 2.82. The van der Waals surface area contributed by atoms with Gasteiger partial charge in [0, 0.05) is 36.5 Å². The number of aromatic amines is 2. The molecule has 3 rings (SSSR count). The van der Waals surface area contributed by atoms with Gasteiger partial charge in [-0.1, -0.05) is 0 Å². The van der Waals surface area contributed by atoms with Crippen LogP contribution >= 0.6 is 12.2 Å². The predicted octanol–water partition coefficient (Wildman–Crippen LogP) is 1.40. The summed E-state index contributed by atoms with van der Waals surface area (Å²) in [5.41, 5.74) is 2.07. The number of phenolic OH excluding ortho intramolecular Hbond substituents is 2. The quantitative estimate of drug-likeness (QED) is 0.497. The highest BCUT2D eigenvalue weighted by atomic mass is 32.1. The van der Waals surface area contributed by atoms with E-state index >= 15 is 0 Å². The standard InChI is InChI=1S/C14H15N3O3S/c18-9-1-2-12(19)8(5-9)6-17-4-3-10-11(7-17)15-14(21)16-13(10)20/h1-2,5,18-19H,3-4,6-7H2,(H2,15,16,20,21). The Morgan fingerprint density at radius 2 is 2.10 bits per heavy atom. The van der Waals surface area contributed by atoms with Crippen molar-refractivity contribution in [3.8, 4) is 11.5 Å². The SMILES string of the molecule is O=c1[nH]c(=S)[nH]c2c1CCN(Cc1cc(O)ccc1O)C2. The molecule has 1 aliphatic rings. The van der Waals surface area contributed by atoms with Crippen molar-refractivity contribution in [2.24, 2.45) is 0 Å². The zero-order valence-electron chi connectivity index (χ0n) is 11.2. The lowest BCUT2D eigenvalue weighted by atomic mass is 10.1. The number of hydrogen-bond acceptors (Lipinski definition) is 5. The summed E-state index contributed by atoms with van der Waals surface area (Å²) >= 11 is 4.99. The number of aromatic nitrogens is 2. The minimum Gasteiger partial charge on any atom is -0.508 e. The number of nitrogens with one attached hydrogen (secondary N) is 2. The lowest BCUT2D eigenvalue weighted by molar-refractivity contribution is 0.237.